The maximum atomic E-state index is 9.50. The molecule has 0 aromatic carbocycles. The first kappa shape index (κ1) is 6.03. The third-order valence-corrected chi connectivity index (χ3v) is 0.705. The van der Waals surface area contributed by atoms with Gasteiger partial charge < -0.3 is 4.55 Å². The number of rotatable bonds is 1. The normalized spacial score (nSPS) is 15.3. The summed E-state index contributed by atoms with van der Waals surface area (Å²) in [5.41, 5.74) is 0. The second-order valence-electron chi connectivity index (χ2n) is 0.763. The molecule has 1 unspecified atom stereocenters. The first-order valence-electron chi connectivity index (χ1n) is 1.22. The molecule has 0 rings (SSSR count). The minimum Gasteiger partial charge on any atom is -0.759 e. The molecular weight excluding hydrogens is 104 g/mol. The van der Waals surface area contributed by atoms with Gasteiger partial charge in [-0.15, -0.1) is 0 Å². The zero-order chi connectivity index (χ0) is 5.15. The molecule has 6 heavy (non-hydrogen) atoms. The topological polar surface area (TPSA) is 69.4 Å². The van der Waals surface area contributed by atoms with Crippen molar-refractivity contribution in [3.8, 4) is 0 Å². The second-order valence-corrected chi connectivity index (χ2v) is 1.77. The van der Waals surface area contributed by atoms with E-state index in [-0.39, 0.29) is 0 Å². The summed E-state index contributed by atoms with van der Waals surface area (Å²) in [5.74, 6) is 4.66. The minimum absolute atomic E-state index is 0.583. The van der Waals surface area contributed by atoms with E-state index in [2.05, 4.69) is 5.84 Å². The molecule has 0 fully saturated rings. The summed E-state index contributed by atoms with van der Waals surface area (Å²) in [6.45, 7) is 0. The molecule has 0 heterocycles. The molecule has 0 aliphatic heterocycles. The van der Waals surface area contributed by atoms with Crippen LogP contribution in [0.4, 0.5) is 0 Å². The van der Waals surface area contributed by atoms with Crippen molar-refractivity contribution < 1.29 is 8.76 Å². The Bertz CT molecular complexity index is 62.6. The smallest absolute Gasteiger partial charge is 0.0348 e. The number of nitrogens with zero attached hydrogens (tertiary/aromatic N) is 1. The fraction of sp³-hybridized carbons (Fsp3) is 1.00. The average molecular weight is 109 g/mol. The van der Waals surface area contributed by atoms with Crippen molar-refractivity contribution in [2.24, 2.45) is 5.84 Å². The number of hydrogen-bond donors (Lipinski definition) is 1. The molecule has 0 radical (unpaired) electrons. The van der Waals surface area contributed by atoms with Crippen molar-refractivity contribution in [1.82, 2.24) is 4.41 Å². The van der Waals surface area contributed by atoms with Gasteiger partial charge in [-0.25, -0.2) is 0 Å². The van der Waals surface area contributed by atoms with Crippen molar-refractivity contribution in [3.05, 3.63) is 0 Å². The average Bonchev–Trinajstić information content (AvgIpc) is 1.36. The van der Waals surface area contributed by atoms with Crippen LogP contribution < -0.4 is 5.84 Å². The van der Waals surface area contributed by atoms with Crippen molar-refractivity contribution >= 4 is 11.3 Å². The molecule has 1 atom stereocenters. The van der Waals surface area contributed by atoms with E-state index in [1.54, 1.807) is 0 Å². The van der Waals surface area contributed by atoms with Crippen molar-refractivity contribution in [3.63, 3.8) is 0 Å². The molecule has 0 saturated carbocycles. The van der Waals surface area contributed by atoms with Crippen LogP contribution in [0, 0.1) is 0 Å². The van der Waals surface area contributed by atoms with Gasteiger partial charge in [0, 0.05) is 18.3 Å². The van der Waals surface area contributed by atoms with Crippen LogP contribution in [0.3, 0.4) is 0 Å². The molecule has 0 amide bonds. The Kier molecular flexibility index (Phi) is 2.26. The molecule has 2 N–H and O–H groups in total. The summed E-state index contributed by atoms with van der Waals surface area (Å²) in [5, 5.41) is 0. The monoisotopic (exact) mass is 109 g/mol. The highest BCUT2D eigenvalue weighted by atomic mass is 32.2. The Morgan fingerprint density at radius 3 is 2.17 bits per heavy atom. The summed E-state index contributed by atoms with van der Waals surface area (Å²) < 4.78 is 19.6. The molecule has 0 aliphatic carbocycles. The van der Waals surface area contributed by atoms with Crippen LogP contribution in [0.5, 0.6) is 0 Å². The molecule has 0 saturated heterocycles. The molecule has 38 valence electrons. The van der Waals surface area contributed by atoms with Crippen molar-refractivity contribution in [1.29, 1.82) is 0 Å². The van der Waals surface area contributed by atoms with Crippen molar-refractivity contribution in [2.45, 2.75) is 0 Å². The first-order chi connectivity index (χ1) is 2.64. The van der Waals surface area contributed by atoms with Gasteiger partial charge in [0.15, 0.2) is 0 Å². The third-order valence-electron chi connectivity index (χ3n) is 0.235. The van der Waals surface area contributed by atoms with E-state index >= 15 is 0 Å². The van der Waals surface area contributed by atoms with E-state index in [9.17, 15) is 8.76 Å². The Hall–Kier alpha value is 0.0300. The van der Waals surface area contributed by atoms with Crippen LogP contribution in [0.15, 0.2) is 0 Å². The zero-order valence-electron chi connectivity index (χ0n) is 3.25. The predicted molar refractivity (Wildman–Crippen MR) is 20.9 cm³/mol. The quantitative estimate of drug-likeness (QED) is 0.255. The summed E-state index contributed by atoms with van der Waals surface area (Å²) in [4.78, 5) is 0. The summed E-state index contributed by atoms with van der Waals surface area (Å²) >= 11 is -2.26. The highest BCUT2D eigenvalue weighted by Gasteiger charge is 1.78. The van der Waals surface area contributed by atoms with E-state index < -0.39 is 11.3 Å². The molecule has 0 bridgehead atoms. The molecule has 0 aliphatic rings. The summed E-state index contributed by atoms with van der Waals surface area (Å²) in [6.07, 6.45) is 0. The molecule has 4 nitrogen and oxygen atoms in total. The lowest BCUT2D eigenvalue weighted by atomic mass is 11.5. The van der Waals surface area contributed by atoms with Gasteiger partial charge in [-0.05, 0) is 0 Å². The van der Waals surface area contributed by atoms with E-state index in [4.69, 9.17) is 0 Å². The molecule has 0 aromatic rings. The molecular formula is CH5N2O2S-. The lowest BCUT2D eigenvalue weighted by molar-refractivity contribution is 0.445. The summed E-state index contributed by atoms with van der Waals surface area (Å²) in [6, 6.07) is 0. The SMILES string of the molecule is CN(N)S(=O)[O-]. The molecule has 0 aromatic heterocycles. The molecule has 5 heteroatoms. The fourth-order valence-electron chi connectivity index (χ4n) is 0. The van der Waals surface area contributed by atoms with E-state index in [0.29, 0.717) is 4.41 Å². The number of hydrazine groups is 1. The summed E-state index contributed by atoms with van der Waals surface area (Å²) in [7, 11) is 1.24. The van der Waals surface area contributed by atoms with Gasteiger partial charge >= 0.3 is 0 Å². The van der Waals surface area contributed by atoms with Crippen LogP contribution in [-0.2, 0) is 11.3 Å². The van der Waals surface area contributed by atoms with Gasteiger partial charge in [0.25, 0.3) is 0 Å². The third kappa shape index (κ3) is 2.28. The zero-order valence-corrected chi connectivity index (χ0v) is 4.07. The first-order valence-corrected chi connectivity index (χ1v) is 2.25. The Balaban J connectivity index is 3.26. The Morgan fingerprint density at radius 1 is 2.00 bits per heavy atom. The van der Waals surface area contributed by atoms with Crippen molar-refractivity contribution in [2.75, 3.05) is 7.05 Å². The standard InChI is InChI=1S/CH6N2O2S/c1-3(2)6(4)5/h2H2,1H3,(H,4,5)/p-1. The van der Waals surface area contributed by atoms with Crippen LogP contribution in [-0.4, -0.2) is 20.2 Å². The van der Waals surface area contributed by atoms with E-state index in [1.807, 2.05) is 0 Å². The van der Waals surface area contributed by atoms with Gasteiger partial charge in [0.05, 0.1) is 0 Å². The second kappa shape index (κ2) is 2.25. The maximum absolute atomic E-state index is 9.50. The Labute approximate surface area is 38.3 Å². The maximum Gasteiger partial charge on any atom is 0.0348 e. The Morgan fingerprint density at radius 2 is 2.17 bits per heavy atom. The minimum atomic E-state index is -2.26. The highest BCUT2D eigenvalue weighted by Crippen LogP contribution is 1.67. The molecule has 0 spiro atoms. The fourth-order valence-corrected chi connectivity index (χ4v) is 0. The predicted octanol–water partition coefficient (Wildman–Crippen LogP) is -1.41. The van der Waals surface area contributed by atoms with E-state index in [1.165, 1.54) is 7.05 Å². The van der Waals surface area contributed by atoms with Crippen LogP contribution in [0.2, 0.25) is 0 Å². The lowest BCUT2D eigenvalue weighted by Gasteiger charge is -2.10. The van der Waals surface area contributed by atoms with Gasteiger partial charge in [0.2, 0.25) is 0 Å². The van der Waals surface area contributed by atoms with Gasteiger partial charge in [-0.2, -0.15) is 4.41 Å². The van der Waals surface area contributed by atoms with Crippen LogP contribution >= 0.6 is 0 Å². The van der Waals surface area contributed by atoms with Gasteiger partial charge in [-0.3, -0.25) is 10.1 Å². The highest BCUT2D eigenvalue weighted by molar-refractivity contribution is 7.76. The van der Waals surface area contributed by atoms with Gasteiger partial charge in [-0.1, -0.05) is 0 Å². The number of hydrogen-bond acceptors (Lipinski definition) is 3. The number of nitrogens with two attached hydrogens (primary N) is 1. The van der Waals surface area contributed by atoms with Crippen LogP contribution in [0.1, 0.15) is 0 Å². The largest absolute Gasteiger partial charge is 0.759 e. The van der Waals surface area contributed by atoms with Gasteiger partial charge in [0.1, 0.15) is 0 Å². The lowest BCUT2D eigenvalue weighted by Crippen LogP contribution is -2.27. The van der Waals surface area contributed by atoms with E-state index in [0.717, 1.165) is 0 Å². The van der Waals surface area contributed by atoms with Crippen LogP contribution in [0.25, 0.3) is 0 Å².